The second-order valence-corrected chi connectivity index (χ2v) is 5.42. The lowest BCUT2D eigenvalue weighted by Crippen LogP contribution is -2.39. The van der Waals surface area contributed by atoms with Gasteiger partial charge in [-0.3, -0.25) is 4.79 Å². The highest BCUT2D eigenvalue weighted by atomic mass is 79.9. The number of aromatic nitrogens is 2. The van der Waals surface area contributed by atoms with Crippen LogP contribution in [0.4, 0.5) is 5.82 Å². The summed E-state index contributed by atoms with van der Waals surface area (Å²) in [5.41, 5.74) is 0. The normalized spacial score (nSPS) is 23.1. The van der Waals surface area contributed by atoms with E-state index in [0.29, 0.717) is 28.2 Å². The van der Waals surface area contributed by atoms with E-state index in [1.165, 1.54) is 6.20 Å². The molecule has 1 saturated heterocycles. The van der Waals surface area contributed by atoms with Gasteiger partial charge in [-0.1, -0.05) is 0 Å². The summed E-state index contributed by atoms with van der Waals surface area (Å²) in [5.74, 6) is 0.0708. The van der Waals surface area contributed by atoms with E-state index in [1.807, 2.05) is 7.05 Å². The molecule has 1 aliphatic rings. The zero-order chi connectivity index (χ0) is 13.1. The number of amides is 1. The Morgan fingerprint density at radius 1 is 1.50 bits per heavy atom. The lowest BCUT2D eigenvalue weighted by molar-refractivity contribution is -0.120. The molecule has 2 heterocycles. The van der Waals surface area contributed by atoms with Gasteiger partial charge in [0, 0.05) is 6.04 Å². The molecule has 18 heavy (non-hydrogen) atoms. The van der Waals surface area contributed by atoms with Gasteiger partial charge in [0.15, 0.2) is 5.82 Å². The Kier molecular flexibility index (Phi) is 4.66. The molecule has 0 spiro atoms. The van der Waals surface area contributed by atoms with E-state index in [9.17, 15) is 4.79 Å². The van der Waals surface area contributed by atoms with Crippen LogP contribution in [0.5, 0.6) is 0 Å². The van der Waals surface area contributed by atoms with Crippen LogP contribution >= 0.6 is 31.9 Å². The molecule has 2 N–H and O–H groups in total. The molecular weight excluding hydrogens is 368 g/mol. The number of rotatable bonds is 3. The highest BCUT2D eigenvalue weighted by Crippen LogP contribution is 2.21. The van der Waals surface area contributed by atoms with Crippen LogP contribution in [0.3, 0.4) is 0 Å². The Hall–Kier alpha value is -0.570. The minimum absolute atomic E-state index is 0.0344. The topological polar surface area (TPSA) is 76.1 Å². The van der Waals surface area contributed by atoms with Gasteiger partial charge in [-0.2, -0.15) is 0 Å². The van der Waals surface area contributed by atoms with Crippen LogP contribution in [0, 0.1) is 5.92 Å². The van der Waals surface area contributed by atoms with Gasteiger partial charge in [-0.25, -0.2) is 9.97 Å². The SMILES string of the molecule is CNC1COCC1C(=O)Nc1ncc(Br)nc1Br. The van der Waals surface area contributed by atoms with E-state index >= 15 is 0 Å². The van der Waals surface area contributed by atoms with Gasteiger partial charge < -0.3 is 15.4 Å². The van der Waals surface area contributed by atoms with Crippen molar-refractivity contribution in [3.8, 4) is 0 Å². The fraction of sp³-hybridized carbons (Fsp3) is 0.500. The molecule has 1 fully saturated rings. The van der Waals surface area contributed by atoms with Crippen molar-refractivity contribution in [1.82, 2.24) is 15.3 Å². The maximum atomic E-state index is 12.1. The molecular formula is C10H12Br2N4O2. The molecule has 98 valence electrons. The molecule has 2 rings (SSSR count). The standard InChI is InChI=1S/C10H12Br2N4O2/c1-13-6-4-18-3-5(6)10(17)16-9-8(12)15-7(11)2-14-9/h2,5-6,13H,3-4H2,1H3,(H,14,16,17). The van der Waals surface area contributed by atoms with Crippen LogP contribution < -0.4 is 10.6 Å². The van der Waals surface area contributed by atoms with Gasteiger partial charge >= 0.3 is 0 Å². The van der Waals surface area contributed by atoms with Crippen molar-refractivity contribution in [2.45, 2.75) is 6.04 Å². The lowest BCUT2D eigenvalue weighted by atomic mass is 10.0. The van der Waals surface area contributed by atoms with Gasteiger partial charge in [-0.15, -0.1) is 0 Å². The van der Waals surface area contributed by atoms with Gasteiger partial charge in [-0.05, 0) is 38.9 Å². The Bertz CT molecular complexity index is 458. The van der Waals surface area contributed by atoms with Crippen LogP contribution in [0.25, 0.3) is 0 Å². The van der Waals surface area contributed by atoms with E-state index < -0.39 is 0 Å². The molecule has 8 heteroatoms. The number of carbonyl (C=O) groups excluding carboxylic acids is 1. The third-order valence-corrected chi connectivity index (χ3v) is 3.67. The van der Waals surface area contributed by atoms with Crippen molar-refractivity contribution >= 4 is 43.6 Å². The maximum absolute atomic E-state index is 12.1. The van der Waals surface area contributed by atoms with Crippen LogP contribution in [-0.2, 0) is 9.53 Å². The molecule has 1 amide bonds. The highest BCUT2D eigenvalue weighted by molar-refractivity contribution is 9.11. The smallest absolute Gasteiger partial charge is 0.232 e. The molecule has 1 aliphatic heterocycles. The second-order valence-electron chi connectivity index (χ2n) is 3.86. The number of hydrogen-bond donors (Lipinski definition) is 2. The zero-order valence-corrected chi connectivity index (χ0v) is 12.8. The summed E-state index contributed by atoms with van der Waals surface area (Å²) in [6.07, 6.45) is 1.53. The summed E-state index contributed by atoms with van der Waals surface area (Å²) >= 11 is 6.45. The Morgan fingerprint density at radius 2 is 2.28 bits per heavy atom. The molecule has 0 bridgehead atoms. The van der Waals surface area contributed by atoms with Gasteiger partial charge in [0.25, 0.3) is 0 Å². The Labute approximate surface area is 121 Å². The number of halogens is 2. The first kappa shape index (κ1) is 13.9. The minimum Gasteiger partial charge on any atom is -0.379 e. The zero-order valence-electron chi connectivity index (χ0n) is 9.61. The van der Waals surface area contributed by atoms with Crippen LogP contribution in [0.1, 0.15) is 0 Å². The number of nitrogens with zero attached hydrogens (tertiary/aromatic N) is 2. The largest absolute Gasteiger partial charge is 0.379 e. The third kappa shape index (κ3) is 3.05. The molecule has 1 aromatic heterocycles. The van der Waals surface area contributed by atoms with Crippen molar-refractivity contribution in [2.24, 2.45) is 5.92 Å². The number of likely N-dealkylation sites (N-methyl/N-ethyl adjacent to an activating group) is 1. The average molecular weight is 380 g/mol. The van der Waals surface area contributed by atoms with E-state index in [0.717, 1.165) is 0 Å². The average Bonchev–Trinajstić information content (AvgIpc) is 2.81. The summed E-state index contributed by atoms with van der Waals surface area (Å²) in [6, 6.07) is 0.0344. The second kappa shape index (κ2) is 6.05. The predicted molar refractivity (Wildman–Crippen MR) is 73.2 cm³/mol. The molecule has 2 atom stereocenters. The quantitative estimate of drug-likeness (QED) is 0.824. The van der Waals surface area contributed by atoms with E-state index in [2.05, 4.69) is 52.5 Å². The van der Waals surface area contributed by atoms with Crippen LogP contribution in [0.15, 0.2) is 15.4 Å². The summed E-state index contributed by atoms with van der Waals surface area (Å²) in [4.78, 5) is 20.3. The van der Waals surface area contributed by atoms with Crippen molar-refractivity contribution < 1.29 is 9.53 Å². The lowest BCUT2D eigenvalue weighted by Gasteiger charge is -2.16. The van der Waals surface area contributed by atoms with Gasteiger partial charge in [0.2, 0.25) is 5.91 Å². The molecule has 0 aromatic carbocycles. The van der Waals surface area contributed by atoms with Crippen molar-refractivity contribution in [1.29, 1.82) is 0 Å². The number of ether oxygens (including phenoxy) is 1. The van der Waals surface area contributed by atoms with Crippen molar-refractivity contribution in [3.05, 3.63) is 15.4 Å². The summed E-state index contributed by atoms with van der Waals surface area (Å²) in [6.45, 7) is 0.959. The summed E-state index contributed by atoms with van der Waals surface area (Å²) in [5, 5.41) is 5.81. The number of nitrogens with one attached hydrogen (secondary N) is 2. The molecule has 0 aliphatic carbocycles. The first-order valence-corrected chi connectivity index (χ1v) is 6.94. The van der Waals surface area contributed by atoms with E-state index in [-0.39, 0.29) is 17.9 Å². The molecule has 6 nitrogen and oxygen atoms in total. The first-order chi connectivity index (χ1) is 8.61. The fourth-order valence-electron chi connectivity index (χ4n) is 1.74. The molecule has 0 radical (unpaired) electrons. The van der Waals surface area contributed by atoms with Gasteiger partial charge in [0.1, 0.15) is 9.21 Å². The van der Waals surface area contributed by atoms with Crippen LogP contribution in [0.2, 0.25) is 0 Å². The molecule has 1 aromatic rings. The first-order valence-electron chi connectivity index (χ1n) is 5.35. The maximum Gasteiger partial charge on any atom is 0.232 e. The van der Waals surface area contributed by atoms with Crippen LogP contribution in [-0.4, -0.2) is 42.2 Å². The Morgan fingerprint density at radius 3 is 2.94 bits per heavy atom. The molecule has 2 unspecified atom stereocenters. The minimum atomic E-state index is -0.215. The summed E-state index contributed by atoms with van der Waals surface area (Å²) < 4.78 is 6.38. The number of anilines is 1. The number of carbonyl (C=O) groups is 1. The van der Waals surface area contributed by atoms with Crippen molar-refractivity contribution in [2.75, 3.05) is 25.6 Å². The van der Waals surface area contributed by atoms with E-state index in [4.69, 9.17) is 4.74 Å². The fourth-order valence-corrected chi connectivity index (χ4v) is 2.65. The predicted octanol–water partition coefficient (Wildman–Crippen LogP) is 1.17. The number of hydrogen-bond acceptors (Lipinski definition) is 5. The summed E-state index contributed by atoms with van der Waals surface area (Å²) in [7, 11) is 1.81. The third-order valence-electron chi connectivity index (χ3n) is 2.73. The Balaban J connectivity index is 2.07. The highest BCUT2D eigenvalue weighted by Gasteiger charge is 2.33. The van der Waals surface area contributed by atoms with Gasteiger partial charge in [0.05, 0.1) is 25.3 Å². The molecule has 0 saturated carbocycles. The van der Waals surface area contributed by atoms with Crippen molar-refractivity contribution in [3.63, 3.8) is 0 Å². The van der Waals surface area contributed by atoms with E-state index in [1.54, 1.807) is 0 Å². The monoisotopic (exact) mass is 378 g/mol.